The van der Waals surface area contributed by atoms with Gasteiger partial charge in [-0.3, -0.25) is 4.79 Å². The Morgan fingerprint density at radius 3 is 2.38 bits per heavy atom. The maximum absolute atomic E-state index is 14.6. The van der Waals surface area contributed by atoms with Crippen LogP contribution in [0.2, 0.25) is 0 Å². The van der Waals surface area contributed by atoms with E-state index in [0.29, 0.717) is 29.8 Å². The van der Waals surface area contributed by atoms with E-state index < -0.39 is 0 Å². The van der Waals surface area contributed by atoms with Crippen LogP contribution < -0.4 is 16.0 Å². The van der Waals surface area contributed by atoms with Crippen molar-refractivity contribution in [1.82, 2.24) is 4.57 Å². The maximum atomic E-state index is 14.6. The highest BCUT2D eigenvalue weighted by Gasteiger charge is 2.21. The first-order chi connectivity index (χ1) is 16.4. The summed E-state index contributed by atoms with van der Waals surface area (Å²) in [6, 6.07) is 23.6. The smallest absolute Gasteiger partial charge is 0.258 e. The van der Waals surface area contributed by atoms with E-state index in [2.05, 4.69) is 0 Å². The molecule has 34 heavy (non-hydrogen) atoms. The number of halogens is 1. The molecule has 4 rings (SSSR count). The SMILES string of the molecule is COc1cccc(-c2c(C)c(Cc3ccccc3F)c(C)n(CC(N)c3ccccc3)c2=O)c1. The summed E-state index contributed by atoms with van der Waals surface area (Å²) < 4.78 is 21.7. The van der Waals surface area contributed by atoms with E-state index in [4.69, 9.17) is 10.5 Å². The Labute approximate surface area is 199 Å². The number of aromatic nitrogens is 1. The molecule has 0 radical (unpaired) electrons. The fourth-order valence-electron chi connectivity index (χ4n) is 4.47. The zero-order valence-electron chi connectivity index (χ0n) is 19.7. The van der Waals surface area contributed by atoms with Gasteiger partial charge in [0, 0.05) is 24.7 Å². The Morgan fingerprint density at radius 2 is 1.68 bits per heavy atom. The number of hydrogen-bond acceptors (Lipinski definition) is 3. The van der Waals surface area contributed by atoms with Crippen LogP contribution in [-0.4, -0.2) is 11.7 Å². The summed E-state index contributed by atoms with van der Waals surface area (Å²) in [5, 5.41) is 0. The van der Waals surface area contributed by atoms with Gasteiger partial charge in [0.15, 0.2) is 0 Å². The van der Waals surface area contributed by atoms with Crippen LogP contribution in [0.3, 0.4) is 0 Å². The number of methoxy groups -OCH3 is 1. The summed E-state index contributed by atoms with van der Waals surface area (Å²) in [6.07, 6.45) is 0.377. The molecule has 0 spiro atoms. The fraction of sp³-hybridized carbons (Fsp3) is 0.207. The second-order valence-electron chi connectivity index (χ2n) is 8.50. The molecule has 0 saturated carbocycles. The molecule has 174 valence electrons. The van der Waals surface area contributed by atoms with Crippen LogP contribution in [0.5, 0.6) is 5.75 Å². The number of benzene rings is 3. The van der Waals surface area contributed by atoms with Gasteiger partial charge in [0.05, 0.1) is 12.7 Å². The molecular formula is C29H29FN2O2. The van der Waals surface area contributed by atoms with E-state index in [1.807, 2.05) is 74.5 Å². The fourth-order valence-corrected chi connectivity index (χ4v) is 4.47. The van der Waals surface area contributed by atoms with Gasteiger partial charge in [-0.25, -0.2) is 4.39 Å². The van der Waals surface area contributed by atoms with E-state index in [0.717, 1.165) is 27.9 Å². The van der Waals surface area contributed by atoms with Crippen LogP contribution in [-0.2, 0) is 13.0 Å². The van der Waals surface area contributed by atoms with Crippen LogP contribution in [0.15, 0.2) is 83.7 Å². The lowest BCUT2D eigenvalue weighted by atomic mass is 9.92. The van der Waals surface area contributed by atoms with Gasteiger partial charge in [-0.2, -0.15) is 0 Å². The summed E-state index contributed by atoms with van der Waals surface area (Å²) in [4.78, 5) is 13.8. The third kappa shape index (κ3) is 4.66. The lowest BCUT2D eigenvalue weighted by molar-refractivity contribution is 0.415. The number of hydrogen-bond donors (Lipinski definition) is 1. The molecule has 3 aromatic carbocycles. The molecule has 1 atom stereocenters. The van der Waals surface area contributed by atoms with Gasteiger partial charge < -0.3 is 15.0 Å². The third-order valence-electron chi connectivity index (χ3n) is 6.42. The first-order valence-corrected chi connectivity index (χ1v) is 11.3. The van der Waals surface area contributed by atoms with Gasteiger partial charge in [0.2, 0.25) is 0 Å². The molecule has 0 bridgehead atoms. The van der Waals surface area contributed by atoms with Gasteiger partial charge in [-0.15, -0.1) is 0 Å². The molecule has 0 amide bonds. The molecule has 0 aliphatic rings. The minimum atomic E-state index is -0.361. The second kappa shape index (κ2) is 10.1. The van der Waals surface area contributed by atoms with Crippen LogP contribution in [0.25, 0.3) is 11.1 Å². The summed E-state index contributed by atoms with van der Waals surface area (Å²) >= 11 is 0. The van der Waals surface area contributed by atoms with Crippen LogP contribution >= 0.6 is 0 Å². The second-order valence-corrected chi connectivity index (χ2v) is 8.50. The van der Waals surface area contributed by atoms with Crippen molar-refractivity contribution in [2.24, 2.45) is 5.73 Å². The zero-order chi connectivity index (χ0) is 24.2. The average molecular weight is 457 g/mol. The molecule has 0 aliphatic carbocycles. The van der Waals surface area contributed by atoms with Crippen molar-refractivity contribution in [3.05, 3.63) is 123 Å². The number of nitrogens with two attached hydrogens (primary N) is 1. The Hall–Kier alpha value is -3.70. The normalized spacial score (nSPS) is 11.9. The predicted molar refractivity (Wildman–Crippen MR) is 135 cm³/mol. The van der Waals surface area contributed by atoms with E-state index >= 15 is 0 Å². The first-order valence-electron chi connectivity index (χ1n) is 11.3. The lowest BCUT2D eigenvalue weighted by Gasteiger charge is -2.23. The van der Waals surface area contributed by atoms with Crippen molar-refractivity contribution in [2.45, 2.75) is 32.9 Å². The van der Waals surface area contributed by atoms with Crippen LogP contribution in [0.4, 0.5) is 4.39 Å². The van der Waals surface area contributed by atoms with E-state index in [9.17, 15) is 9.18 Å². The summed E-state index contributed by atoms with van der Waals surface area (Å²) in [5.41, 5.74) is 11.8. The average Bonchev–Trinajstić information content (AvgIpc) is 2.86. The Kier molecular flexibility index (Phi) is 6.94. The molecular weight excluding hydrogens is 427 g/mol. The molecule has 4 aromatic rings. The third-order valence-corrected chi connectivity index (χ3v) is 6.42. The van der Waals surface area contributed by atoms with Gasteiger partial charge >= 0.3 is 0 Å². The standard InChI is InChI=1S/C29H29FN2O2/c1-19-25(17-22-12-7-8-15-26(22)30)20(2)32(18-27(31)21-10-5-4-6-11-21)29(33)28(19)23-13-9-14-24(16-23)34-3/h4-16,27H,17-18,31H2,1-3H3. The molecule has 0 fully saturated rings. The molecule has 0 saturated heterocycles. The highest BCUT2D eigenvalue weighted by Crippen LogP contribution is 2.29. The first kappa shape index (κ1) is 23.5. The number of nitrogens with zero attached hydrogens (tertiary/aromatic N) is 1. The molecule has 1 heterocycles. The highest BCUT2D eigenvalue weighted by atomic mass is 19.1. The van der Waals surface area contributed by atoms with Gasteiger partial charge in [0.25, 0.3) is 5.56 Å². The summed E-state index contributed by atoms with van der Waals surface area (Å²) in [5.74, 6) is 0.406. The van der Waals surface area contributed by atoms with Crippen molar-refractivity contribution in [3.8, 4) is 16.9 Å². The van der Waals surface area contributed by atoms with Gasteiger partial charge in [-0.05, 0) is 59.9 Å². The minimum Gasteiger partial charge on any atom is -0.497 e. The molecule has 4 nitrogen and oxygen atoms in total. The largest absolute Gasteiger partial charge is 0.497 e. The zero-order valence-corrected chi connectivity index (χ0v) is 19.7. The van der Waals surface area contributed by atoms with Crippen molar-refractivity contribution in [3.63, 3.8) is 0 Å². The summed E-state index contributed by atoms with van der Waals surface area (Å²) in [7, 11) is 1.60. The van der Waals surface area contributed by atoms with E-state index in [1.54, 1.807) is 23.8 Å². The minimum absolute atomic E-state index is 0.119. The topological polar surface area (TPSA) is 57.2 Å². The highest BCUT2D eigenvalue weighted by molar-refractivity contribution is 5.69. The number of rotatable bonds is 7. The Balaban J connectivity index is 1.91. The quantitative estimate of drug-likeness (QED) is 0.396. The van der Waals surface area contributed by atoms with Gasteiger partial charge in [0.1, 0.15) is 11.6 Å². The molecule has 2 N–H and O–H groups in total. The van der Waals surface area contributed by atoms with Crippen LogP contribution in [0.1, 0.15) is 34.0 Å². The molecule has 1 aromatic heterocycles. The van der Waals surface area contributed by atoms with Crippen molar-refractivity contribution in [2.75, 3.05) is 7.11 Å². The lowest BCUT2D eigenvalue weighted by Crippen LogP contribution is -2.31. The van der Waals surface area contributed by atoms with Crippen molar-refractivity contribution < 1.29 is 9.13 Å². The van der Waals surface area contributed by atoms with Gasteiger partial charge in [-0.1, -0.05) is 60.7 Å². The summed E-state index contributed by atoms with van der Waals surface area (Å²) in [6.45, 7) is 4.16. The molecule has 5 heteroatoms. The molecule has 0 aliphatic heterocycles. The van der Waals surface area contributed by atoms with Crippen molar-refractivity contribution in [1.29, 1.82) is 0 Å². The number of ether oxygens (including phenoxy) is 1. The Bertz CT molecular complexity index is 1360. The maximum Gasteiger partial charge on any atom is 0.258 e. The van der Waals surface area contributed by atoms with Crippen molar-refractivity contribution >= 4 is 0 Å². The van der Waals surface area contributed by atoms with Crippen LogP contribution in [0, 0.1) is 19.7 Å². The number of pyridine rings is 1. The predicted octanol–water partition coefficient (Wildman–Crippen LogP) is 5.57. The monoisotopic (exact) mass is 456 g/mol. The van der Waals surface area contributed by atoms with E-state index in [-0.39, 0.29) is 17.4 Å². The Morgan fingerprint density at radius 1 is 0.971 bits per heavy atom. The van der Waals surface area contributed by atoms with E-state index in [1.165, 1.54) is 6.07 Å². The molecule has 1 unspecified atom stereocenters.